The number of rotatable bonds is 2. The Morgan fingerprint density at radius 3 is 2.77 bits per heavy atom. The number of nitrogens with zero attached hydrogens (tertiary/aromatic N) is 2. The van der Waals surface area contributed by atoms with Gasteiger partial charge in [0, 0.05) is 25.6 Å². The Bertz CT molecular complexity index is 552. The van der Waals surface area contributed by atoms with Crippen LogP contribution in [-0.2, 0) is 16.0 Å². The zero-order valence-corrected chi connectivity index (χ0v) is 13.9. The van der Waals surface area contributed by atoms with Crippen molar-refractivity contribution >= 4 is 23.5 Å². The summed E-state index contributed by atoms with van der Waals surface area (Å²) in [5.74, 6) is 0.0621. The smallest absolute Gasteiger partial charge is 0.410 e. The summed E-state index contributed by atoms with van der Waals surface area (Å²) in [6.45, 7) is 5.98. The zero-order chi connectivity index (χ0) is 16.3. The maximum Gasteiger partial charge on any atom is 0.410 e. The van der Waals surface area contributed by atoms with Crippen molar-refractivity contribution in [1.29, 1.82) is 0 Å². The quantitative estimate of drug-likeness (QED) is 0.783. The number of piperidine rings is 1. The Morgan fingerprint density at radius 1 is 1.45 bits per heavy atom. The molecule has 0 aromatic carbocycles. The van der Waals surface area contributed by atoms with Gasteiger partial charge in [0.25, 0.3) is 0 Å². The van der Waals surface area contributed by atoms with Crippen molar-refractivity contribution in [3.05, 3.63) is 29.0 Å². The summed E-state index contributed by atoms with van der Waals surface area (Å²) in [5, 5.41) is 0.405. The van der Waals surface area contributed by atoms with Gasteiger partial charge in [-0.25, -0.2) is 9.78 Å². The molecule has 1 aromatic heterocycles. The molecule has 1 atom stereocenters. The molecule has 2 rings (SSSR count). The Hall–Kier alpha value is -1.62. The van der Waals surface area contributed by atoms with Crippen LogP contribution < -0.4 is 0 Å². The predicted octanol–water partition coefficient (Wildman–Crippen LogP) is 3.25. The van der Waals surface area contributed by atoms with Crippen LogP contribution in [0.5, 0.6) is 0 Å². The second-order valence-corrected chi connectivity index (χ2v) is 6.84. The average Bonchev–Trinajstić information content (AvgIpc) is 2.41. The van der Waals surface area contributed by atoms with Gasteiger partial charge in [-0.1, -0.05) is 17.7 Å². The summed E-state index contributed by atoms with van der Waals surface area (Å²) < 4.78 is 5.41. The van der Waals surface area contributed by atoms with E-state index in [4.69, 9.17) is 16.3 Å². The molecule has 1 amide bonds. The van der Waals surface area contributed by atoms with E-state index < -0.39 is 17.7 Å². The van der Waals surface area contributed by atoms with Crippen LogP contribution in [-0.4, -0.2) is 39.9 Å². The van der Waals surface area contributed by atoms with Crippen LogP contribution in [0.15, 0.2) is 18.3 Å². The first-order valence-electron chi connectivity index (χ1n) is 7.39. The molecule has 0 aliphatic carbocycles. The van der Waals surface area contributed by atoms with E-state index in [-0.39, 0.29) is 5.78 Å². The van der Waals surface area contributed by atoms with Crippen molar-refractivity contribution in [3.63, 3.8) is 0 Å². The van der Waals surface area contributed by atoms with Gasteiger partial charge in [0.05, 0.1) is 6.04 Å². The van der Waals surface area contributed by atoms with Crippen molar-refractivity contribution in [2.24, 2.45) is 0 Å². The van der Waals surface area contributed by atoms with E-state index in [0.29, 0.717) is 31.0 Å². The standard InChI is InChI=1S/C16H21ClN2O3/c1-16(2,3)22-15(21)19-8-4-5-13(20)12(19)9-11-6-7-14(17)18-10-11/h6-7,10,12H,4-5,8-9H2,1-3H3/t12-/m0/s1. The van der Waals surface area contributed by atoms with Gasteiger partial charge >= 0.3 is 6.09 Å². The molecular weight excluding hydrogens is 304 g/mol. The highest BCUT2D eigenvalue weighted by molar-refractivity contribution is 6.29. The van der Waals surface area contributed by atoms with Crippen molar-refractivity contribution in [2.45, 2.75) is 51.7 Å². The fraction of sp³-hybridized carbons (Fsp3) is 0.562. The molecule has 1 aromatic rings. The van der Waals surface area contributed by atoms with Gasteiger partial charge in [0.1, 0.15) is 10.8 Å². The van der Waals surface area contributed by atoms with Crippen molar-refractivity contribution in [3.8, 4) is 0 Å². The number of pyridine rings is 1. The van der Waals surface area contributed by atoms with E-state index in [2.05, 4.69) is 4.98 Å². The third-order valence-corrected chi connectivity index (χ3v) is 3.64. The van der Waals surface area contributed by atoms with Gasteiger partial charge < -0.3 is 4.74 Å². The lowest BCUT2D eigenvalue weighted by atomic mass is 9.95. The minimum atomic E-state index is -0.579. The highest BCUT2D eigenvalue weighted by atomic mass is 35.5. The van der Waals surface area contributed by atoms with Crippen LogP contribution in [0.3, 0.4) is 0 Å². The second kappa shape index (κ2) is 6.65. The first kappa shape index (κ1) is 16.7. The number of halogens is 1. The van der Waals surface area contributed by atoms with Crippen LogP contribution in [0.4, 0.5) is 4.79 Å². The zero-order valence-electron chi connectivity index (χ0n) is 13.1. The molecule has 0 spiro atoms. The van der Waals surface area contributed by atoms with Crippen molar-refractivity contribution in [2.75, 3.05) is 6.54 Å². The monoisotopic (exact) mass is 324 g/mol. The van der Waals surface area contributed by atoms with E-state index in [1.807, 2.05) is 26.8 Å². The van der Waals surface area contributed by atoms with Crippen LogP contribution in [0, 0.1) is 0 Å². The number of Topliss-reactive ketones (excluding diaryl/α,β-unsaturated/α-hetero) is 1. The molecule has 6 heteroatoms. The summed E-state index contributed by atoms with van der Waals surface area (Å²) in [7, 11) is 0. The SMILES string of the molecule is CC(C)(C)OC(=O)N1CCCC(=O)[C@@H]1Cc1ccc(Cl)nc1. The Balaban J connectivity index is 2.14. The average molecular weight is 325 g/mol. The molecule has 120 valence electrons. The Morgan fingerprint density at radius 2 is 2.18 bits per heavy atom. The van der Waals surface area contributed by atoms with Gasteiger partial charge in [-0.2, -0.15) is 0 Å². The molecule has 1 saturated heterocycles. The molecule has 1 fully saturated rings. The van der Waals surface area contributed by atoms with Gasteiger partial charge in [-0.15, -0.1) is 0 Å². The highest BCUT2D eigenvalue weighted by Crippen LogP contribution is 2.21. The summed E-state index contributed by atoms with van der Waals surface area (Å²) in [6.07, 6.45) is 2.80. The number of aromatic nitrogens is 1. The van der Waals surface area contributed by atoms with Gasteiger partial charge in [-0.05, 0) is 38.8 Å². The van der Waals surface area contributed by atoms with E-state index in [0.717, 1.165) is 5.56 Å². The van der Waals surface area contributed by atoms with Gasteiger partial charge in [0.2, 0.25) is 0 Å². The van der Waals surface area contributed by atoms with E-state index >= 15 is 0 Å². The molecule has 22 heavy (non-hydrogen) atoms. The molecule has 0 unspecified atom stereocenters. The number of amides is 1. The third-order valence-electron chi connectivity index (χ3n) is 3.42. The topological polar surface area (TPSA) is 59.5 Å². The number of ketones is 1. The molecule has 1 aliphatic heterocycles. The largest absolute Gasteiger partial charge is 0.444 e. The molecule has 0 bridgehead atoms. The highest BCUT2D eigenvalue weighted by Gasteiger charge is 2.35. The minimum absolute atomic E-state index is 0.0621. The Kier molecular flexibility index (Phi) is 5.06. The Labute approximate surface area is 135 Å². The number of hydrogen-bond donors (Lipinski definition) is 0. The number of ether oxygens (including phenoxy) is 1. The molecule has 0 radical (unpaired) electrons. The van der Waals surface area contributed by atoms with E-state index in [1.54, 1.807) is 12.3 Å². The summed E-state index contributed by atoms with van der Waals surface area (Å²) >= 11 is 5.77. The lowest BCUT2D eigenvalue weighted by Gasteiger charge is -2.35. The molecular formula is C16H21ClN2O3. The van der Waals surface area contributed by atoms with E-state index in [1.165, 1.54) is 4.90 Å². The van der Waals surface area contributed by atoms with Gasteiger partial charge in [-0.3, -0.25) is 9.69 Å². The maximum atomic E-state index is 12.3. The third kappa shape index (κ3) is 4.44. The lowest BCUT2D eigenvalue weighted by Crippen LogP contribution is -2.51. The first-order chi connectivity index (χ1) is 10.3. The van der Waals surface area contributed by atoms with Crippen LogP contribution in [0.2, 0.25) is 5.15 Å². The van der Waals surface area contributed by atoms with Crippen molar-refractivity contribution < 1.29 is 14.3 Å². The predicted molar refractivity (Wildman–Crippen MR) is 83.9 cm³/mol. The number of likely N-dealkylation sites (tertiary alicyclic amines) is 1. The fourth-order valence-electron chi connectivity index (χ4n) is 2.43. The molecule has 2 heterocycles. The number of carbonyl (C=O) groups excluding carboxylic acids is 2. The normalized spacial score (nSPS) is 19.2. The number of hydrogen-bond acceptors (Lipinski definition) is 4. The summed E-state index contributed by atoms with van der Waals surface area (Å²) in [6, 6.07) is 3.01. The second-order valence-electron chi connectivity index (χ2n) is 6.45. The van der Waals surface area contributed by atoms with Crippen molar-refractivity contribution in [1.82, 2.24) is 9.88 Å². The summed E-state index contributed by atoms with van der Waals surface area (Å²) in [5.41, 5.74) is 0.294. The minimum Gasteiger partial charge on any atom is -0.444 e. The lowest BCUT2D eigenvalue weighted by molar-refractivity contribution is -0.126. The van der Waals surface area contributed by atoms with Crippen LogP contribution in [0.25, 0.3) is 0 Å². The van der Waals surface area contributed by atoms with Crippen LogP contribution in [0.1, 0.15) is 39.2 Å². The first-order valence-corrected chi connectivity index (χ1v) is 7.77. The van der Waals surface area contributed by atoms with E-state index in [9.17, 15) is 9.59 Å². The van der Waals surface area contributed by atoms with Gasteiger partial charge in [0.15, 0.2) is 5.78 Å². The molecule has 0 N–H and O–H groups in total. The van der Waals surface area contributed by atoms with Crippen LogP contribution >= 0.6 is 11.6 Å². The molecule has 0 saturated carbocycles. The summed E-state index contributed by atoms with van der Waals surface area (Å²) in [4.78, 5) is 30.1. The molecule has 1 aliphatic rings. The fourth-order valence-corrected chi connectivity index (χ4v) is 2.55. The maximum absolute atomic E-state index is 12.3. The number of carbonyl (C=O) groups is 2. The molecule has 5 nitrogen and oxygen atoms in total.